The van der Waals surface area contributed by atoms with Crippen molar-refractivity contribution in [3.63, 3.8) is 0 Å². The zero-order valence-corrected chi connectivity index (χ0v) is 19.0. The Balaban J connectivity index is 1.30. The number of amides is 2. The van der Waals surface area contributed by atoms with E-state index in [1.807, 2.05) is 48.5 Å². The summed E-state index contributed by atoms with van der Waals surface area (Å²) < 4.78 is 20.1. The number of anilines is 1. The van der Waals surface area contributed by atoms with Crippen molar-refractivity contribution in [3.05, 3.63) is 89.2 Å². The van der Waals surface area contributed by atoms with Crippen molar-refractivity contribution in [2.45, 2.75) is 12.8 Å². The lowest BCUT2D eigenvalue weighted by molar-refractivity contribution is -0.155. The van der Waals surface area contributed by atoms with Gasteiger partial charge in [0, 0.05) is 19.0 Å². The van der Waals surface area contributed by atoms with Crippen LogP contribution in [0.2, 0.25) is 0 Å². The van der Waals surface area contributed by atoms with Crippen LogP contribution in [0.1, 0.15) is 34.3 Å². The number of halogens is 1. The number of aliphatic carboxylic acids is 1. The van der Waals surface area contributed by atoms with E-state index >= 15 is 0 Å². The Morgan fingerprint density at radius 3 is 2.20 bits per heavy atom. The number of nitrogens with zero attached hydrogens (tertiary/aromatic N) is 1. The Hall–Kier alpha value is -4.20. The first kappa shape index (κ1) is 22.6. The van der Waals surface area contributed by atoms with Crippen LogP contribution in [0.5, 0.6) is 0 Å². The van der Waals surface area contributed by atoms with E-state index in [0.29, 0.717) is 0 Å². The number of likely N-dealkylation sites (tertiary alicyclic amines) is 1. The van der Waals surface area contributed by atoms with Gasteiger partial charge in [-0.3, -0.25) is 14.9 Å². The highest BCUT2D eigenvalue weighted by Crippen LogP contribution is 2.44. The van der Waals surface area contributed by atoms with Gasteiger partial charge in [-0.15, -0.1) is 0 Å². The van der Waals surface area contributed by atoms with Crippen LogP contribution < -0.4 is 5.32 Å². The first-order chi connectivity index (χ1) is 16.8. The highest BCUT2D eigenvalue weighted by molar-refractivity contribution is 6.03. The van der Waals surface area contributed by atoms with E-state index < -0.39 is 29.2 Å². The predicted molar refractivity (Wildman–Crippen MR) is 127 cm³/mol. The fraction of sp³-hybridized carbons (Fsp3) is 0.222. The molecule has 1 aliphatic heterocycles. The number of carboxylic acid groups (broad SMARTS) is 1. The maximum atomic E-state index is 14.6. The largest absolute Gasteiger partial charge is 0.481 e. The summed E-state index contributed by atoms with van der Waals surface area (Å²) in [5, 5.41) is 11.7. The first-order valence-corrected chi connectivity index (χ1v) is 11.2. The molecule has 7 nitrogen and oxygen atoms in total. The molecule has 1 heterocycles. The molecule has 1 aliphatic carbocycles. The number of hydrogen-bond acceptors (Lipinski definition) is 4. The minimum Gasteiger partial charge on any atom is -0.481 e. The second-order valence-electron chi connectivity index (χ2n) is 9.14. The zero-order valence-electron chi connectivity index (χ0n) is 19.0. The highest BCUT2D eigenvalue weighted by Gasteiger charge is 2.48. The average molecular weight is 474 g/mol. The van der Waals surface area contributed by atoms with Crippen LogP contribution in [-0.4, -0.2) is 47.7 Å². The predicted octanol–water partition coefficient (Wildman–Crippen LogP) is 4.73. The van der Waals surface area contributed by atoms with E-state index in [1.165, 1.54) is 17.0 Å². The summed E-state index contributed by atoms with van der Waals surface area (Å²) in [7, 11) is 0. The summed E-state index contributed by atoms with van der Waals surface area (Å²) in [6.07, 6.45) is -0.884. The number of rotatable bonds is 5. The maximum absolute atomic E-state index is 14.6. The molecule has 0 aromatic heterocycles. The monoisotopic (exact) mass is 474 g/mol. The Morgan fingerprint density at radius 1 is 1.00 bits per heavy atom. The molecule has 1 fully saturated rings. The molecule has 178 valence electrons. The average Bonchev–Trinajstić information content (AvgIpc) is 3.15. The van der Waals surface area contributed by atoms with Gasteiger partial charge in [0.15, 0.2) is 0 Å². The maximum Gasteiger partial charge on any atom is 0.411 e. The lowest BCUT2D eigenvalue weighted by Gasteiger charge is -2.45. The Bertz CT molecular complexity index is 1300. The summed E-state index contributed by atoms with van der Waals surface area (Å²) in [5.41, 5.74) is 2.86. The molecule has 3 aromatic carbocycles. The van der Waals surface area contributed by atoms with Crippen LogP contribution in [-0.2, 0) is 9.53 Å². The van der Waals surface area contributed by atoms with Crippen LogP contribution in [0, 0.1) is 11.2 Å². The van der Waals surface area contributed by atoms with E-state index in [9.17, 15) is 23.9 Å². The third-order valence-electron chi connectivity index (χ3n) is 6.70. The van der Waals surface area contributed by atoms with Gasteiger partial charge in [0.2, 0.25) is 0 Å². The molecule has 2 amide bonds. The van der Waals surface area contributed by atoms with Crippen molar-refractivity contribution in [2.75, 3.05) is 25.0 Å². The molecule has 0 atom stereocenters. The Kier molecular flexibility index (Phi) is 5.51. The van der Waals surface area contributed by atoms with E-state index in [1.54, 1.807) is 6.92 Å². The Labute approximate surface area is 201 Å². The standard InChI is InChI=1S/C27H23FN2O5/c1-27(25(32)33)14-30(15-27)24(31)20-11-6-12-22(28)23(20)29-26(34)35-13-21-18-9-4-2-7-16(18)17-8-3-5-10-19(17)21/h2-12,21H,13-15H2,1H3,(H,29,34)(H,32,33). The number of fused-ring (bicyclic) bond motifs is 3. The number of carbonyl (C=O) groups excluding carboxylic acids is 2. The van der Waals surface area contributed by atoms with Crippen LogP contribution in [0.4, 0.5) is 14.9 Å². The van der Waals surface area contributed by atoms with E-state index in [2.05, 4.69) is 5.32 Å². The van der Waals surface area contributed by atoms with Gasteiger partial charge in [0.25, 0.3) is 5.91 Å². The molecule has 2 N–H and O–H groups in total. The molecule has 1 saturated heterocycles. The minimum atomic E-state index is -1.04. The van der Waals surface area contributed by atoms with Crippen molar-refractivity contribution in [2.24, 2.45) is 5.41 Å². The smallest absolute Gasteiger partial charge is 0.411 e. The van der Waals surface area contributed by atoms with Crippen molar-refractivity contribution in [1.29, 1.82) is 0 Å². The van der Waals surface area contributed by atoms with Gasteiger partial charge >= 0.3 is 12.1 Å². The third kappa shape index (κ3) is 3.90. The van der Waals surface area contributed by atoms with Gasteiger partial charge in [-0.05, 0) is 41.3 Å². The van der Waals surface area contributed by atoms with Crippen LogP contribution in [0.3, 0.4) is 0 Å². The number of benzene rings is 3. The van der Waals surface area contributed by atoms with E-state index in [0.717, 1.165) is 28.3 Å². The molecule has 0 radical (unpaired) electrons. The summed E-state index contributed by atoms with van der Waals surface area (Å²) in [5.74, 6) is -2.51. The van der Waals surface area contributed by atoms with Gasteiger partial charge < -0.3 is 14.7 Å². The number of ether oxygens (including phenoxy) is 1. The fourth-order valence-electron chi connectivity index (χ4n) is 4.81. The summed E-state index contributed by atoms with van der Waals surface area (Å²) in [4.78, 5) is 38.2. The van der Waals surface area contributed by atoms with Gasteiger partial charge in [0.1, 0.15) is 17.8 Å². The molecular formula is C27H23FN2O5. The van der Waals surface area contributed by atoms with E-state index in [4.69, 9.17) is 4.74 Å². The minimum absolute atomic E-state index is 0.00205. The molecule has 35 heavy (non-hydrogen) atoms. The third-order valence-corrected chi connectivity index (χ3v) is 6.70. The topological polar surface area (TPSA) is 95.9 Å². The van der Waals surface area contributed by atoms with Crippen molar-refractivity contribution < 1.29 is 28.6 Å². The van der Waals surface area contributed by atoms with Gasteiger partial charge in [-0.25, -0.2) is 9.18 Å². The Morgan fingerprint density at radius 2 is 1.60 bits per heavy atom. The lowest BCUT2D eigenvalue weighted by Crippen LogP contribution is -2.60. The quantitative estimate of drug-likeness (QED) is 0.557. The first-order valence-electron chi connectivity index (χ1n) is 11.2. The molecular weight excluding hydrogens is 451 g/mol. The van der Waals surface area contributed by atoms with Crippen molar-refractivity contribution in [1.82, 2.24) is 4.90 Å². The molecule has 8 heteroatoms. The number of carboxylic acids is 1. The molecule has 3 aromatic rings. The van der Waals surface area contributed by atoms with Gasteiger partial charge in [-0.2, -0.15) is 0 Å². The number of carbonyl (C=O) groups is 3. The number of para-hydroxylation sites is 1. The molecule has 2 aliphatic rings. The number of nitrogens with one attached hydrogen (secondary N) is 1. The van der Waals surface area contributed by atoms with Gasteiger partial charge in [-0.1, -0.05) is 54.6 Å². The highest BCUT2D eigenvalue weighted by atomic mass is 19.1. The second kappa shape index (κ2) is 8.54. The van der Waals surface area contributed by atoms with E-state index in [-0.39, 0.29) is 36.9 Å². The molecule has 0 spiro atoms. The number of hydrogen-bond donors (Lipinski definition) is 2. The fourth-order valence-corrected chi connectivity index (χ4v) is 4.81. The van der Waals surface area contributed by atoms with Crippen LogP contribution >= 0.6 is 0 Å². The van der Waals surface area contributed by atoms with Gasteiger partial charge in [0.05, 0.1) is 11.3 Å². The van der Waals surface area contributed by atoms with Crippen molar-refractivity contribution in [3.8, 4) is 11.1 Å². The molecule has 0 saturated carbocycles. The molecule has 0 unspecified atom stereocenters. The van der Waals surface area contributed by atoms with Crippen LogP contribution in [0.15, 0.2) is 66.7 Å². The lowest BCUT2D eigenvalue weighted by atomic mass is 9.81. The second-order valence-corrected chi connectivity index (χ2v) is 9.14. The zero-order chi connectivity index (χ0) is 24.7. The van der Waals surface area contributed by atoms with Crippen LogP contribution in [0.25, 0.3) is 11.1 Å². The summed E-state index contributed by atoms with van der Waals surface area (Å²) in [6.45, 7) is 1.59. The molecule has 0 bridgehead atoms. The molecule has 5 rings (SSSR count). The SMILES string of the molecule is CC1(C(=O)O)CN(C(=O)c2cccc(F)c2NC(=O)OCC2c3ccccc3-c3ccccc32)C1. The normalized spacial score (nSPS) is 15.5. The summed E-state index contributed by atoms with van der Waals surface area (Å²) in [6, 6.07) is 19.7. The summed E-state index contributed by atoms with van der Waals surface area (Å²) >= 11 is 0. The van der Waals surface area contributed by atoms with Crippen molar-refractivity contribution >= 4 is 23.7 Å².